The van der Waals surface area contributed by atoms with E-state index in [0.717, 1.165) is 37.2 Å². The lowest BCUT2D eigenvalue weighted by Gasteiger charge is -2.46. The van der Waals surface area contributed by atoms with E-state index in [1.807, 2.05) is 12.1 Å². The van der Waals surface area contributed by atoms with E-state index in [1.54, 1.807) is 0 Å². The molecular formula is C22H35N3O. The lowest BCUT2D eigenvalue weighted by molar-refractivity contribution is 0.0283. The molecule has 3 aliphatic heterocycles. The molecule has 3 heterocycles. The van der Waals surface area contributed by atoms with Gasteiger partial charge in [0.25, 0.3) is 0 Å². The summed E-state index contributed by atoms with van der Waals surface area (Å²) in [7, 11) is 0. The second-order valence-electron chi connectivity index (χ2n) is 8.50. The van der Waals surface area contributed by atoms with E-state index in [9.17, 15) is 5.11 Å². The maximum atomic E-state index is 9.54. The van der Waals surface area contributed by atoms with E-state index in [-0.39, 0.29) is 6.61 Å². The first-order valence-electron chi connectivity index (χ1n) is 10.7. The summed E-state index contributed by atoms with van der Waals surface area (Å²) in [5, 5.41) is 9.54. The van der Waals surface area contributed by atoms with Crippen LogP contribution in [0, 0.1) is 5.92 Å². The minimum absolute atomic E-state index is 0.149. The Labute approximate surface area is 158 Å². The number of fused-ring (bicyclic) bond motifs is 1. The summed E-state index contributed by atoms with van der Waals surface area (Å²) in [6.07, 6.45) is 7.12. The SMILES string of the molecule is OCc1ccccc1CN1CCN(C[C@@H]2CCCN3CCCC[C@H]23)CC1. The minimum atomic E-state index is 0.149. The quantitative estimate of drug-likeness (QED) is 0.877. The number of aliphatic hydroxyl groups excluding tert-OH is 1. The summed E-state index contributed by atoms with van der Waals surface area (Å²) >= 11 is 0. The van der Waals surface area contributed by atoms with E-state index in [4.69, 9.17) is 0 Å². The average Bonchev–Trinajstić information content (AvgIpc) is 2.70. The predicted octanol–water partition coefficient (Wildman–Crippen LogP) is 2.56. The van der Waals surface area contributed by atoms with Crippen molar-refractivity contribution in [2.24, 2.45) is 5.92 Å². The highest BCUT2D eigenvalue weighted by Crippen LogP contribution is 2.31. The van der Waals surface area contributed by atoms with Crippen molar-refractivity contribution < 1.29 is 5.11 Å². The number of hydrogen-bond donors (Lipinski definition) is 1. The summed E-state index contributed by atoms with van der Waals surface area (Å²) in [5.41, 5.74) is 2.36. The van der Waals surface area contributed by atoms with Gasteiger partial charge in [0.05, 0.1) is 6.61 Å². The molecular weight excluding hydrogens is 322 g/mol. The monoisotopic (exact) mass is 357 g/mol. The molecule has 0 saturated carbocycles. The Bertz CT molecular complexity index is 568. The first kappa shape index (κ1) is 18.4. The predicted molar refractivity (Wildman–Crippen MR) is 106 cm³/mol. The van der Waals surface area contributed by atoms with Crippen molar-refractivity contribution in [1.29, 1.82) is 0 Å². The van der Waals surface area contributed by atoms with Crippen molar-refractivity contribution in [1.82, 2.24) is 14.7 Å². The van der Waals surface area contributed by atoms with Gasteiger partial charge < -0.3 is 14.9 Å². The summed E-state index contributed by atoms with van der Waals surface area (Å²) in [6, 6.07) is 9.18. The molecule has 3 saturated heterocycles. The average molecular weight is 358 g/mol. The molecule has 0 spiro atoms. The maximum absolute atomic E-state index is 9.54. The summed E-state index contributed by atoms with van der Waals surface area (Å²) in [4.78, 5) is 8.07. The van der Waals surface area contributed by atoms with Crippen molar-refractivity contribution in [3.63, 3.8) is 0 Å². The Morgan fingerprint density at radius 2 is 1.54 bits per heavy atom. The van der Waals surface area contributed by atoms with Crippen molar-refractivity contribution in [3.8, 4) is 0 Å². The molecule has 1 aromatic rings. The van der Waals surface area contributed by atoms with Crippen LogP contribution >= 0.6 is 0 Å². The molecule has 1 aromatic carbocycles. The molecule has 2 atom stereocenters. The molecule has 0 aliphatic carbocycles. The van der Waals surface area contributed by atoms with Crippen LogP contribution in [-0.4, -0.2) is 71.7 Å². The Morgan fingerprint density at radius 1 is 0.808 bits per heavy atom. The molecule has 144 valence electrons. The molecule has 1 N–H and O–H groups in total. The van der Waals surface area contributed by atoms with Gasteiger partial charge >= 0.3 is 0 Å². The zero-order valence-electron chi connectivity index (χ0n) is 16.2. The van der Waals surface area contributed by atoms with E-state index in [0.29, 0.717) is 0 Å². The fourth-order valence-electron chi connectivity index (χ4n) is 5.36. The van der Waals surface area contributed by atoms with Gasteiger partial charge in [0.1, 0.15) is 0 Å². The molecule has 0 bridgehead atoms. The first-order valence-corrected chi connectivity index (χ1v) is 10.7. The normalized spacial score (nSPS) is 28.8. The molecule has 4 rings (SSSR count). The van der Waals surface area contributed by atoms with Crippen LogP contribution in [0.5, 0.6) is 0 Å². The largest absolute Gasteiger partial charge is 0.392 e. The Kier molecular flexibility index (Phi) is 6.26. The molecule has 4 heteroatoms. The number of piperidine rings is 2. The van der Waals surface area contributed by atoms with E-state index < -0.39 is 0 Å². The summed E-state index contributed by atoms with van der Waals surface area (Å²) in [5.74, 6) is 0.894. The summed E-state index contributed by atoms with van der Waals surface area (Å²) in [6.45, 7) is 9.83. The number of rotatable bonds is 5. The Morgan fingerprint density at radius 3 is 2.35 bits per heavy atom. The van der Waals surface area contributed by atoms with Crippen LogP contribution in [0.15, 0.2) is 24.3 Å². The fourth-order valence-corrected chi connectivity index (χ4v) is 5.36. The van der Waals surface area contributed by atoms with Gasteiger partial charge in [-0.1, -0.05) is 30.7 Å². The fraction of sp³-hybridized carbons (Fsp3) is 0.727. The zero-order chi connectivity index (χ0) is 17.8. The van der Waals surface area contributed by atoms with Crippen LogP contribution in [0.3, 0.4) is 0 Å². The third-order valence-electron chi connectivity index (χ3n) is 6.87. The highest BCUT2D eigenvalue weighted by molar-refractivity contribution is 5.26. The number of nitrogens with zero attached hydrogens (tertiary/aromatic N) is 3. The molecule has 0 aromatic heterocycles. The summed E-state index contributed by atoms with van der Waals surface area (Å²) < 4.78 is 0. The van der Waals surface area contributed by atoms with Gasteiger partial charge in [0.15, 0.2) is 0 Å². The van der Waals surface area contributed by atoms with Crippen LogP contribution in [0.4, 0.5) is 0 Å². The number of aliphatic hydroxyl groups is 1. The van der Waals surface area contributed by atoms with Crippen LogP contribution in [-0.2, 0) is 13.2 Å². The molecule has 4 nitrogen and oxygen atoms in total. The van der Waals surface area contributed by atoms with Gasteiger partial charge in [0.2, 0.25) is 0 Å². The standard InChI is InChI=1S/C22H35N3O/c26-18-21-7-2-1-6-19(21)16-23-12-14-24(15-13-23)17-20-8-5-11-25-10-4-3-9-22(20)25/h1-2,6-7,20,22,26H,3-5,8-18H2/t20-,22+/m0/s1. The van der Waals surface area contributed by atoms with Gasteiger partial charge in [-0.05, 0) is 55.8 Å². The van der Waals surface area contributed by atoms with Crippen molar-refractivity contribution >= 4 is 0 Å². The van der Waals surface area contributed by atoms with Crippen LogP contribution in [0.25, 0.3) is 0 Å². The minimum Gasteiger partial charge on any atom is -0.392 e. The second kappa shape index (κ2) is 8.83. The third-order valence-corrected chi connectivity index (χ3v) is 6.87. The van der Waals surface area contributed by atoms with Gasteiger partial charge in [-0.2, -0.15) is 0 Å². The first-order chi connectivity index (χ1) is 12.8. The highest BCUT2D eigenvalue weighted by Gasteiger charge is 2.34. The van der Waals surface area contributed by atoms with Crippen LogP contribution in [0.1, 0.15) is 43.2 Å². The molecule has 0 unspecified atom stereocenters. The molecule has 26 heavy (non-hydrogen) atoms. The maximum Gasteiger partial charge on any atom is 0.0685 e. The van der Waals surface area contributed by atoms with Crippen LogP contribution < -0.4 is 0 Å². The van der Waals surface area contributed by atoms with Crippen LogP contribution in [0.2, 0.25) is 0 Å². The topological polar surface area (TPSA) is 30.0 Å². The van der Waals surface area contributed by atoms with E-state index in [2.05, 4.69) is 26.8 Å². The molecule has 3 aliphatic rings. The van der Waals surface area contributed by atoms with E-state index >= 15 is 0 Å². The van der Waals surface area contributed by atoms with Gasteiger partial charge in [-0.15, -0.1) is 0 Å². The van der Waals surface area contributed by atoms with Crippen molar-refractivity contribution in [2.75, 3.05) is 45.8 Å². The Hall–Kier alpha value is -0.940. The lowest BCUT2D eigenvalue weighted by atomic mass is 9.83. The molecule has 3 fully saturated rings. The lowest BCUT2D eigenvalue weighted by Crippen LogP contribution is -2.53. The van der Waals surface area contributed by atoms with Crippen molar-refractivity contribution in [2.45, 2.75) is 51.3 Å². The van der Waals surface area contributed by atoms with Gasteiger partial charge in [-0.3, -0.25) is 4.90 Å². The Balaban J connectivity index is 1.27. The van der Waals surface area contributed by atoms with E-state index in [1.165, 1.54) is 70.4 Å². The third kappa shape index (κ3) is 4.30. The molecule has 0 radical (unpaired) electrons. The number of piperazine rings is 1. The number of benzene rings is 1. The van der Waals surface area contributed by atoms with Gasteiger partial charge in [-0.25, -0.2) is 0 Å². The molecule has 0 amide bonds. The van der Waals surface area contributed by atoms with Crippen molar-refractivity contribution in [3.05, 3.63) is 35.4 Å². The highest BCUT2D eigenvalue weighted by atomic mass is 16.3. The van der Waals surface area contributed by atoms with Gasteiger partial charge in [0, 0.05) is 45.3 Å². The zero-order valence-corrected chi connectivity index (χ0v) is 16.2. The smallest absolute Gasteiger partial charge is 0.0685 e. The second-order valence-corrected chi connectivity index (χ2v) is 8.50. The number of hydrogen-bond acceptors (Lipinski definition) is 4.